The molecule has 0 aliphatic rings. The highest BCUT2D eigenvalue weighted by atomic mass is 16.2. The number of benzene rings is 1. The molecule has 0 fully saturated rings. The highest BCUT2D eigenvalue weighted by Crippen LogP contribution is 2.13. The number of aryl methyl sites for hydroxylation is 2. The third kappa shape index (κ3) is 3.62. The molecule has 1 amide bonds. The van der Waals surface area contributed by atoms with Crippen LogP contribution in [0.4, 0.5) is 0 Å². The monoisotopic (exact) mass is 314 g/mol. The van der Waals surface area contributed by atoms with Crippen LogP contribution in [0.15, 0.2) is 29.1 Å². The van der Waals surface area contributed by atoms with Gasteiger partial charge in [0.15, 0.2) is 0 Å². The van der Waals surface area contributed by atoms with Crippen molar-refractivity contribution in [3.8, 4) is 6.07 Å². The molecule has 122 valence electrons. The van der Waals surface area contributed by atoms with Crippen molar-refractivity contribution in [1.82, 2.24) is 14.0 Å². The largest absolute Gasteiger partial charge is 0.345 e. The summed E-state index contributed by atoms with van der Waals surface area (Å²) in [5, 5.41) is 8.58. The molecule has 1 aromatic carbocycles. The summed E-state index contributed by atoms with van der Waals surface area (Å²) in [6.07, 6.45) is 1.45. The van der Waals surface area contributed by atoms with Gasteiger partial charge in [-0.1, -0.05) is 19.1 Å². The van der Waals surface area contributed by atoms with Gasteiger partial charge in [0, 0.05) is 33.1 Å². The van der Waals surface area contributed by atoms with E-state index in [1.165, 1.54) is 0 Å². The molecular formula is C17H22N4O2. The van der Waals surface area contributed by atoms with Gasteiger partial charge in [-0.15, -0.1) is 0 Å². The lowest BCUT2D eigenvalue weighted by atomic mass is 10.3. The summed E-state index contributed by atoms with van der Waals surface area (Å²) in [4.78, 5) is 26.2. The molecule has 0 bridgehead atoms. The topological polar surface area (TPSA) is 71.0 Å². The molecule has 0 unspecified atom stereocenters. The normalized spacial score (nSPS) is 10.7. The summed E-state index contributed by atoms with van der Waals surface area (Å²) in [6, 6.07) is 9.68. The van der Waals surface area contributed by atoms with Crippen molar-refractivity contribution in [3.05, 3.63) is 34.7 Å². The predicted molar refractivity (Wildman–Crippen MR) is 89.0 cm³/mol. The van der Waals surface area contributed by atoms with Crippen LogP contribution in [0.3, 0.4) is 0 Å². The van der Waals surface area contributed by atoms with Crippen molar-refractivity contribution >= 4 is 16.9 Å². The lowest BCUT2D eigenvalue weighted by Gasteiger charge is -2.15. The molecule has 0 radical (unpaired) electrons. The van der Waals surface area contributed by atoms with Crippen molar-refractivity contribution in [3.63, 3.8) is 0 Å². The molecule has 0 saturated carbocycles. The van der Waals surface area contributed by atoms with E-state index in [0.29, 0.717) is 26.1 Å². The standard InChI is InChI=1S/C17H22N4O2/c1-3-11-20-14-7-4-5-8-15(14)21(17(20)23)13-9-16(22)19(2)12-6-10-18/h4-5,7-8H,3,6,9,11-13H2,1-2H3. The fourth-order valence-electron chi connectivity index (χ4n) is 2.67. The summed E-state index contributed by atoms with van der Waals surface area (Å²) in [5.74, 6) is -0.0560. The van der Waals surface area contributed by atoms with Crippen LogP contribution < -0.4 is 5.69 Å². The Balaban J connectivity index is 2.21. The van der Waals surface area contributed by atoms with Gasteiger partial charge in [0.25, 0.3) is 0 Å². The molecule has 1 aromatic heterocycles. The Bertz CT molecular complexity index is 782. The molecule has 0 aliphatic carbocycles. The zero-order chi connectivity index (χ0) is 16.8. The second kappa shape index (κ2) is 7.63. The fourth-order valence-corrected chi connectivity index (χ4v) is 2.67. The summed E-state index contributed by atoms with van der Waals surface area (Å²) < 4.78 is 3.43. The second-order valence-electron chi connectivity index (χ2n) is 5.55. The summed E-state index contributed by atoms with van der Waals surface area (Å²) in [5.41, 5.74) is 1.70. The van der Waals surface area contributed by atoms with Gasteiger partial charge in [-0.2, -0.15) is 5.26 Å². The van der Waals surface area contributed by atoms with E-state index in [9.17, 15) is 9.59 Å². The van der Waals surface area contributed by atoms with E-state index in [1.807, 2.05) is 37.3 Å². The molecule has 2 aromatic rings. The lowest BCUT2D eigenvalue weighted by Crippen LogP contribution is -2.30. The summed E-state index contributed by atoms with van der Waals surface area (Å²) in [6.45, 7) is 3.47. The Labute approximate surface area is 135 Å². The van der Waals surface area contributed by atoms with Gasteiger partial charge in [0.1, 0.15) is 0 Å². The fraction of sp³-hybridized carbons (Fsp3) is 0.471. The Morgan fingerprint density at radius 1 is 1.22 bits per heavy atom. The Morgan fingerprint density at radius 2 is 1.83 bits per heavy atom. The first-order valence-corrected chi connectivity index (χ1v) is 7.89. The number of fused-ring (bicyclic) bond motifs is 1. The van der Waals surface area contributed by atoms with Crippen LogP contribution in [0.2, 0.25) is 0 Å². The molecule has 0 N–H and O–H groups in total. The van der Waals surface area contributed by atoms with Gasteiger partial charge in [0.2, 0.25) is 5.91 Å². The zero-order valence-electron chi connectivity index (χ0n) is 13.7. The van der Waals surface area contributed by atoms with Crippen molar-refractivity contribution in [2.75, 3.05) is 13.6 Å². The number of para-hydroxylation sites is 2. The number of carbonyl (C=O) groups excluding carboxylic acids is 1. The first kappa shape index (κ1) is 16.8. The number of hydrogen-bond donors (Lipinski definition) is 0. The molecule has 23 heavy (non-hydrogen) atoms. The minimum atomic E-state index is -0.0690. The maximum atomic E-state index is 12.6. The van der Waals surface area contributed by atoms with E-state index in [4.69, 9.17) is 5.26 Å². The smallest absolute Gasteiger partial charge is 0.329 e. The number of carbonyl (C=O) groups is 1. The van der Waals surface area contributed by atoms with Crippen LogP contribution in [0.25, 0.3) is 11.0 Å². The van der Waals surface area contributed by atoms with Gasteiger partial charge >= 0.3 is 5.69 Å². The van der Waals surface area contributed by atoms with Gasteiger partial charge in [0.05, 0.1) is 23.5 Å². The van der Waals surface area contributed by atoms with E-state index >= 15 is 0 Å². The van der Waals surface area contributed by atoms with Crippen LogP contribution in [-0.4, -0.2) is 33.5 Å². The van der Waals surface area contributed by atoms with Gasteiger partial charge in [-0.3, -0.25) is 13.9 Å². The lowest BCUT2D eigenvalue weighted by molar-refractivity contribution is -0.130. The van der Waals surface area contributed by atoms with Crippen molar-refractivity contribution in [2.45, 2.75) is 39.3 Å². The van der Waals surface area contributed by atoms with Crippen LogP contribution in [0.1, 0.15) is 26.2 Å². The highest BCUT2D eigenvalue weighted by molar-refractivity contribution is 5.78. The van der Waals surface area contributed by atoms with Crippen molar-refractivity contribution < 1.29 is 4.79 Å². The number of imidazole rings is 1. The van der Waals surface area contributed by atoms with Crippen molar-refractivity contribution in [2.24, 2.45) is 0 Å². The number of rotatable bonds is 7. The van der Waals surface area contributed by atoms with Gasteiger partial charge in [-0.05, 0) is 18.6 Å². The first-order chi connectivity index (χ1) is 11.1. The van der Waals surface area contributed by atoms with Gasteiger partial charge in [-0.25, -0.2) is 4.79 Å². The Hall–Kier alpha value is -2.55. The molecular weight excluding hydrogens is 292 g/mol. The van der Waals surface area contributed by atoms with Crippen LogP contribution >= 0.6 is 0 Å². The predicted octanol–water partition coefficient (Wildman–Crippen LogP) is 1.98. The Kier molecular flexibility index (Phi) is 5.58. The molecule has 6 heteroatoms. The van der Waals surface area contributed by atoms with E-state index in [2.05, 4.69) is 0 Å². The van der Waals surface area contributed by atoms with Crippen molar-refractivity contribution in [1.29, 1.82) is 5.26 Å². The number of nitriles is 1. The average Bonchev–Trinajstić information content (AvgIpc) is 2.83. The molecule has 0 saturated heterocycles. The minimum absolute atomic E-state index is 0.0560. The van der Waals surface area contributed by atoms with Crippen LogP contribution in [0.5, 0.6) is 0 Å². The van der Waals surface area contributed by atoms with Gasteiger partial charge < -0.3 is 4.90 Å². The van der Waals surface area contributed by atoms with Crippen LogP contribution in [-0.2, 0) is 17.9 Å². The van der Waals surface area contributed by atoms with E-state index in [0.717, 1.165) is 17.5 Å². The quantitative estimate of drug-likeness (QED) is 0.784. The van der Waals surface area contributed by atoms with E-state index < -0.39 is 0 Å². The van der Waals surface area contributed by atoms with E-state index in [-0.39, 0.29) is 18.0 Å². The SMILES string of the molecule is CCCn1c(=O)n(CCC(=O)N(C)CCC#N)c2ccccc21. The molecule has 0 spiro atoms. The third-order valence-electron chi connectivity index (χ3n) is 3.91. The highest BCUT2D eigenvalue weighted by Gasteiger charge is 2.14. The minimum Gasteiger partial charge on any atom is -0.345 e. The summed E-state index contributed by atoms with van der Waals surface area (Å²) in [7, 11) is 1.68. The van der Waals surface area contributed by atoms with Crippen LogP contribution in [0, 0.1) is 11.3 Å². The third-order valence-corrected chi connectivity index (χ3v) is 3.91. The maximum absolute atomic E-state index is 12.6. The zero-order valence-corrected chi connectivity index (χ0v) is 13.7. The average molecular weight is 314 g/mol. The Morgan fingerprint density at radius 3 is 2.39 bits per heavy atom. The molecule has 2 rings (SSSR count). The molecule has 0 atom stereocenters. The number of aromatic nitrogens is 2. The molecule has 1 heterocycles. The maximum Gasteiger partial charge on any atom is 0.329 e. The number of amides is 1. The number of nitrogens with zero attached hydrogens (tertiary/aromatic N) is 4. The first-order valence-electron chi connectivity index (χ1n) is 7.89. The number of hydrogen-bond acceptors (Lipinski definition) is 3. The molecule has 6 nitrogen and oxygen atoms in total. The summed E-state index contributed by atoms with van der Waals surface area (Å²) >= 11 is 0. The molecule has 0 aliphatic heterocycles. The van der Waals surface area contributed by atoms with E-state index in [1.54, 1.807) is 21.1 Å². The second-order valence-corrected chi connectivity index (χ2v) is 5.55.